The molecule has 0 spiro atoms. The van der Waals surface area contributed by atoms with Gasteiger partial charge in [-0.15, -0.1) is 0 Å². The number of halogens is 2. The van der Waals surface area contributed by atoms with Gasteiger partial charge in [-0.25, -0.2) is 4.99 Å². The number of hydrogen-bond acceptors (Lipinski definition) is 3. The molecule has 1 atom stereocenters. The minimum atomic E-state index is -1.31. The SMILES string of the molecule is CC1=CC(Cl)(C=O)N=C(Cl)N1. The lowest BCUT2D eigenvalue weighted by Gasteiger charge is -2.18. The second-order valence-electron chi connectivity index (χ2n) is 2.20. The van der Waals surface area contributed by atoms with Gasteiger partial charge in [0, 0.05) is 5.70 Å². The molecule has 0 aromatic heterocycles. The van der Waals surface area contributed by atoms with Gasteiger partial charge in [0.1, 0.15) is 0 Å². The van der Waals surface area contributed by atoms with E-state index in [-0.39, 0.29) is 5.29 Å². The Kier molecular flexibility index (Phi) is 2.20. The standard InChI is InChI=1S/C6H6Cl2N2O/c1-4-2-6(8,3-11)10-5(7)9-4/h2-3H,1H3,(H,9,10). The first-order valence-electron chi connectivity index (χ1n) is 2.93. The van der Waals surface area contributed by atoms with Crippen molar-refractivity contribution < 1.29 is 4.79 Å². The van der Waals surface area contributed by atoms with Crippen LogP contribution >= 0.6 is 23.2 Å². The van der Waals surface area contributed by atoms with E-state index in [9.17, 15) is 4.79 Å². The summed E-state index contributed by atoms with van der Waals surface area (Å²) in [5, 5.41) is 2.83. The molecule has 5 heteroatoms. The van der Waals surface area contributed by atoms with Crippen molar-refractivity contribution in [2.24, 2.45) is 4.99 Å². The van der Waals surface area contributed by atoms with Crippen LogP contribution in [0.3, 0.4) is 0 Å². The van der Waals surface area contributed by atoms with Crippen molar-refractivity contribution in [3.63, 3.8) is 0 Å². The molecular formula is C6H6Cl2N2O. The molecule has 1 rings (SSSR count). The normalized spacial score (nSPS) is 30.1. The van der Waals surface area contributed by atoms with E-state index in [1.165, 1.54) is 6.08 Å². The maximum Gasteiger partial charge on any atom is 0.212 e. The van der Waals surface area contributed by atoms with E-state index in [0.717, 1.165) is 0 Å². The first-order valence-corrected chi connectivity index (χ1v) is 3.68. The number of carbonyl (C=O) groups excluding carboxylic acids is 1. The Morgan fingerprint density at radius 1 is 1.82 bits per heavy atom. The summed E-state index contributed by atoms with van der Waals surface area (Å²) in [6, 6.07) is 0. The average Bonchev–Trinajstić information content (AvgIpc) is 1.84. The maximum atomic E-state index is 10.4. The zero-order valence-corrected chi connectivity index (χ0v) is 7.28. The van der Waals surface area contributed by atoms with E-state index in [2.05, 4.69) is 10.3 Å². The Labute approximate surface area is 74.1 Å². The van der Waals surface area contributed by atoms with Crippen LogP contribution in [0.25, 0.3) is 0 Å². The van der Waals surface area contributed by atoms with E-state index >= 15 is 0 Å². The fraction of sp³-hybridized carbons (Fsp3) is 0.333. The Morgan fingerprint density at radius 2 is 2.45 bits per heavy atom. The number of nitrogens with zero attached hydrogens (tertiary/aromatic N) is 1. The molecule has 1 N–H and O–H groups in total. The predicted octanol–water partition coefficient (Wildman–Crippen LogP) is 1.22. The topological polar surface area (TPSA) is 41.5 Å². The molecular weight excluding hydrogens is 187 g/mol. The van der Waals surface area contributed by atoms with Gasteiger partial charge >= 0.3 is 0 Å². The first-order chi connectivity index (χ1) is 5.06. The summed E-state index contributed by atoms with van der Waals surface area (Å²) in [5.41, 5.74) is 0.715. The summed E-state index contributed by atoms with van der Waals surface area (Å²) >= 11 is 11.2. The molecule has 1 aliphatic rings. The van der Waals surface area contributed by atoms with Crippen LogP contribution < -0.4 is 5.32 Å². The van der Waals surface area contributed by atoms with Gasteiger partial charge in [-0.05, 0) is 24.6 Å². The zero-order chi connectivity index (χ0) is 8.48. The molecule has 3 nitrogen and oxygen atoms in total. The summed E-state index contributed by atoms with van der Waals surface area (Å²) in [7, 11) is 0. The van der Waals surface area contributed by atoms with Gasteiger partial charge in [0.05, 0.1) is 0 Å². The second-order valence-corrected chi connectivity index (χ2v) is 3.16. The number of aldehydes is 1. The molecule has 0 saturated heterocycles. The lowest BCUT2D eigenvalue weighted by molar-refractivity contribution is -0.108. The highest BCUT2D eigenvalue weighted by Gasteiger charge is 2.26. The molecule has 0 saturated carbocycles. The minimum Gasteiger partial charge on any atom is -0.335 e. The fourth-order valence-electron chi connectivity index (χ4n) is 0.773. The third kappa shape index (κ3) is 1.94. The largest absolute Gasteiger partial charge is 0.335 e. The van der Waals surface area contributed by atoms with Gasteiger partial charge in [-0.1, -0.05) is 11.6 Å². The van der Waals surface area contributed by atoms with Crippen molar-refractivity contribution in [3.05, 3.63) is 11.8 Å². The summed E-state index contributed by atoms with van der Waals surface area (Å²) in [4.78, 5) is 12.8. The van der Waals surface area contributed by atoms with Crippen LogP contribution in [0, 0.1) is 0 Å². The molecule has 0 fully saturated rings. The molecule has 0 amide bonds. The van der Waals surface area contributed by atoms with Crippen molar-refractivity contribution in [2.75, 3.05) is 0 Å². The molecule has 60 valence electrons. The maximum absolute atomic E-state index is 10.4. The Morgan fingerprint density at radius 3 is 2.91 bits per heavy atom. The monoisotopic (exact) mass is 192 g/mol. The van der Waals surface area contributed by atoms with Gasteiger partial charge in [0.15, 0.2) is 11.6 Å². The van der Waals surface area contributed by atoms with Crippen LogP contribution in [0.1, 0.15) is 6.92 Å². The van der Waals surface area contributed by atoms with Gasteiger partial charge < -0.3 is 5.32 Å². The summed E-state index contributed by atoms with van der Waals surface area (Å²) < 4.78 is 0. The van der Waals surface area contributed by atoms with Gasteiger partial charge in [0.25, 0.3) is 0 Å². The second kappa shape index (κ2) is 2.83. The first kappa shape index (κ1) is 8.56. The quantitative estimate of drug-likeness (QED) is 0.386. The number of carbonyl (C=O) groups is 1. The van der Waals surface area contributed by atoms with E-state index in [1.807, 2.05) is 0 Å². The highest BCUT2D eigenvalue weighted by atomic mass is 35.5. The van der Waals surface area contributed by atoms with E-state index < -0.39 is 5.00 Å². The average molecular weight is 193 g/mol. The fourth-order valence-corrected chi connectivity index (χ4v) is 1.35. The zero-order valence-electron chi connectivity index (χ0n) is 5.77. The highest BCUT2D eigenvalue weighted by Crippen LogP contribution is 2.21. The molecule has 0 aromatic carbocycles. The summed E-state index contributed by atoms with van der Waals surface area (Å²) in [6.07, 6.45) is 2.02. The lowest BCUT2D eigenvalue weighted by atomic mass is 10.2. The summed E-state index contributed by atoms with van der Waals surface area (Å²) in [6.45, 7) is 1.75. The molecule has 1 heterocycles. The summed E-state index contributed by atoms with van der Waals surface area (Å²) in [5.74, 6) is 0. The van der Waals surface area contributed by atoms with Crippen LogP contribution in [0.4, 0.5) is 0 Å². The molecule has 11 heavy (non-hydrogen) atoms. The lowest BCUT2D eigenvalue weighted by Crippen LogP contribution is -2.31. The van der Waals surface area contributed by atoms with Crippen LogP contribution in [-0.2, 0) is 4.79 Å². The minimum absolute atomic E-state index is 0.132. The van der Waals surface area contributed by atoms with Crippen molar-refractivity contribution >= 4 is 34.8 Å². The van der Waals surface area contributed by atoms with Crippen molar-refractivity contribution in [3.8, 4) is 0 Å². The molecule has 0 bridgehead atoms. The van der Waals surface area contributed by atoms with Gasteiger partial charge in [0.2, 0.25) is 5.00 Å². The molecule has 1 aliphatic heterocycles. The Hall–Kier alpha value is -0.540. The van der Waals surface area contributed by atoms with Crippen LogP contribution in [0.2, 0.25) is 0 Å². The Bertz CT molecular complexity index is 229. The number of amidine groups is 1. The third-order valence-corrected chi connectivity index (χ3v) is 1.62. The molecule has 0 aliphatic carbocycles. The molecule has 1 unspecified atom stereocenters. The highest BCUT2D eigenvalue weighted by molar-refractivity contribution is 6.65. The van der Waals surface area contributed by atoms with Crippen LogP contribution in [0.15, 0.2) is 16.8 Å². The smallest absolute Gasteiger partial charge is 0.212 e. The number of hydrogen-bond donors (Lipinski definition) is 1. The molecule has 0 aromatic rings. The van der Waals surface area contributed by atoms with Crippen molar-refractivity contribution in [2.45, 2.75) is 11.9 Å². The third-order valence-electron chi connectivity index (χ3n) is 1.15. The van der Waals surface area contributed by atoms with Crippen molar-refractivity contribution in [1.82, 2.24) is 5.32 Å². The van der Waals surface area contributed by atoms with Crippen LogP contribution in [0.5, 0.6) is 0 Å². The van der Waals surface area contributed by atoms with E-state index in [4.69, 9.17) is 23.2 Å². The van der Waals surface area contributed by atoms with Gasteiger partial charge in [-0.3, -0.25) is 4.79 Å². The van der Waals surface area contributed by atoms with E-state index in [1.54, 1.807) is 6.92 Å². The van der Waals surface area contributed by atoms with Crippen molar-refractivity contribution in [1.29, 1.82) is 0 Å². The number of rotatable bonds is 1. The Balaban J connectivity index is 2.97. The van der Waals surface area contributed by atoms with E-state index in [0.29, 0.717) is 12.0 Å². The van der Waals surface area contributed by atoms with Crippen LogP contribution in [-0.4, -0.2) is 16.6 Å². The predicted molar refractivity (Wildman–Crippen MR) is 44.8 cm³/mol. The van der Waals surface area contributed by atoms with Gasteiger partial charge in [-0.2, -0.15) is 0 Å². The number of allylic oxidation sites excluding steroid dienone is 1. The number of nitrogens with one attached hydrogen (secondary N) is 1. The number of alkyl halides is 1. The number of aliphatic imine (C=N–C) groups is 1. The molecule has 0 radical (unpaired) electrons.